The molecule has 2 fully saturated rings. The van der Waals surface area contributed by atoms with Crippen LogP contribution in [0.4, 0.5) is 0 Å². The highest BCUT2D eigenvalue weighted by atomic mass is 35.5. The number of hydrogen-bond donors (Lipinski definition) is 2. The Kier molecular flexibility index (Phi) is 5.67. The van der Waals surface area contributed by atoms with Crippen LogP contribution < -0.4 is 5.32 Å². The molecule has 7 heteroatoms. The topological polar surface area (TPSA) is 61.0 Å². The van der Waals surface area contributed by atoms with Crippen molar-refractivity contribution in [2.45, 2.75) is 12.8 Å². The van der Waals surface area contributed by atoms with Gasteiger partial charge in [0.05, 0.1) is 17.5 Å². The monoisotopic (exact) mass is 380 g/mol. The van der Waals surface area contributed by atoms with Crippen molar-refractivity contribution in [2.75, 3.05) is 26.2 Å². The Bertz CT molecular complexity index is 734. The summed E-state index contributed by atoms with van der Waals surface area (Å²) in [4.78, 5) is 15.0. The molecule has 1 aromatic carbocycles. The minimum absolute atomic E-state index is 0. The van der Waals surface area contributed by atoms with Crippen molar-refractivity contribution < 1.29 is 4.79 Å². The molecule has 2 atom stereocenters. The van der Waals surface area contributed by atoms with Crippen LogP contribution in [-0.2, 0) is 0 Å². The summed E-state index contributed by atoms with van der Waals surface area (Å²) in [5, 5.41) is 11.2. The van der Waals surface area contributed by atoms with Gasteiger partial charge in [-0.1, -0.05) is 23.7 Å². The smallest absolute Gasteiger partial charge is 0.257 e. The Morgan fingerprint density at radius 1 is 1.20 bits per heavy atom. The second kappa shape index (κ2) is 7.77. The number of rotatable bonds is 2. The van der Waals surface area contributed by atoms with Gasteiger partial charge in [0.1, 0.15) is 0 Å². The fourth-order valence-electron chi connectivity index (χ4n) is 3.90. The third-order valence-corrected chi connectivity index (χ3v) is 5.52. The second-order valence-electron chi connectivity index (χ2n) is 6.72. The average Bonchev–Trinajstić information content (AvgIpc) is 3.20. The highest BCUT2D eigenvalue weighted by Gasteiger charge is 2.32. The van der Waals surface area contributed by atoms with Crippen molar-refractivity contribution >= 4 is 29.9 Å². The standard InChI is InChI=1S/C18H21ClN4O.ClH/c19-15-3-1-2-12(8-15)17-16(11-21-22-17)18(24)23-6-4-13-9-20-10-14(13)5-7-23;/h1-3,8,11,13-14,20H,4-7,9-10H2,(H,21,22);1H/t13-,14+;. The molecule has 5 nitrogen and oxygen atoms in total. The first-order valence-electron chi connectivity index (χ1n) is 8.51. The Balaban J connectivity index is 0.00000182. The van der Waals surface area contributed by atoms with Crippen LogP contribution in [-0.4, -0.2) is 47.2 Å². The summed E-state index contributed by atoms with van der Waals surface area (Å²) in [5.74, 6) is 1.48. The van der Waals surface area contributed by atoms with Crippen molar-refractivity contribution in [3.63, 3.8) is 0 Å². The van der Waals surface area contributed by atoms with Crippen molar-refractivity contribution in [1.29, 1.82) is 0 Å². The van der Waals surface area contributed by atoms with Crippen LogP contribution in [0.1, 0.15) is 23.2 Å². The molecule has 0 bridgehead atoms. The molecule has 25 heavy (non-hydrogen) atoms. The molecule has 134 valence electrons. The summed E-state index contributed by atoms with van der Waals surface area (Å²) in [6, 6.07) is 7.50. The van der Waals surface area contributed by atoms with E-state index in [1.54, 1.807) is 6.20 Å². The lowest BCUT2D eigenvalue weighted by Gasteiger charge is -2.21. The normalized spacial score (nSPS) is 22.8. The summed E-state index contributed by atoms with van der Waals surface area (Å²) in [7, 11) is 0. The molecule has 0 aliphatic carbocycles. The number of nitrogens with zero attached hydrogens (tertiary/aromatic N) is 2. The van der Waals surface area contributed by atoms with Crippen LogP contribution in [0.3, 0.4) is 0 Å². The molecule has 3 heterocycles. The lowest BCUT2D eigenvalue weighted by Crippen LogP contribution is -2.32. The van der Waals surface area contributed by atoms with E-state index in [4.69, 9.17) is 11.6 Å². The molecule has 0 unspecified atom stereocenters. The number of aromatic nitrogens is 2. The molecule has 1 amide bonds. The third kappa shape index (κ3) is 3.68. The molecule has 2 aromatic rings. The lowest BCUT2D eigenvalue weighted by molar-refractivity contribution is 0.0759. The molecular weight excluding hydrogens is 359 g/mol. The van der Waals surface area contributed by atoms with E-state index < -0.39 is 0 Å². The number of H-pyrrole nitrogens is 1. The molecule has 2 N–H and O–H groups in total. The first-order chi connectivity index (χ1) is 11.7. The van der Waals surface area contributed by atoms with E-state index in [0.717, 1.165) is 50.3 Å². The fourth-order valence-corrected chi connectivity index (χ4v) is 4.09. The highest BCUT2D eigenvalue weighted by molar-refractivity contribution is 6.30. The van der Waals surface area contributed by atoms with Gasteiger partial charge >= 0.3 is 0 Å². The van der Waals surface area contributed by atoms with Gasteiger partial charge in [-0.25, -0.2) is 0 Å². The third-order valence-electron chi connectivity index (χ3n) is 5.29. The zero-order chi connectivity index (χ0) is 16.5. The van der Waals surface area contributed by atoms with Crippen LogP contribution in [0.2, 0.25) is 5.02 Å². The summed E-state index contributed by atoms with van der Waals surface area (Å²) < 4.78 is 0. The van der Waals surface area contributed by atoms with E-state index >= 15 is 0 Å². The van der Waals surface area contributed by atoms with Crippen molar-refractivity contribution in [3.8, 4) is 11.3 Å². The van der Waals surface area contributed by atoms with E-state index in [0.29, 0.717) is 22.4 Å². The van der Waals surface area contributed by atoms with Crippen molar-refractivity contribution in [2.24, 2.45) is 11.8 Å². The van der Waals surface area contributed by atoms with Gasteiger partial charge in [-0.3, -0.25) is 9.89 Å². The predicted octanol–water partition coefficient (Wildman–Crippen LogP) is 3.22. The van der Waals surface area contributed by atoms with Gasteiger partial charge in [-0.2, -0.15) is 5.10 Å². The number of aromatic amines is 1. The number of carbonyl (C=O) groups is 1. The zero-order valence-corrected chi connectivity index (χ0v) is 15.4. The SMILES string of the molecule is Cl.O=C(c1cn[nH]c1-c1cccc(Cl)c1)N1CC[C@@H]2CNC[C@@H]2CC1. The average molecular weight is 381 g/mol. The number of benzene rings is 1. The Morgan fingerprint density at radius 2 is 1.92 bits per heavy atom. The first-order valence-corrected chi connectivity index (χ1v) is 8.89. The molecule has 2 saturated heterocycles. The minimum atomic E-state index is 0. The molecule has 2 aliphatic heterocycles. The van der Waals surface area contributed by atoms with Gasteiger partial charge in [0.2, 0.25) is 0 Å². The maximum Gasteiger partial charge on any atom is 0.257 e. The predicted molar refractivity (Wildman–Crippen MR) is 101 cm³/mol. The summed E-state index contributed by atoms with van der Waals surface area (Å²) in [5.41, 5.74) is 2.26. The first kappa shape index (κ1) is 18.2. The number of halogens is 2. The zero-order valence-electron chi connectivity index (χ0n) is 13.9. The van der Waals surface area contributed by atoms with E-state index in [1.165, 1.54) is 0 Å². The van der Waals surface area contributed by atoms with Crippen LogP contribution in [0, 0.1) is 11.8 Å². The van der Waals surface area contributed by atoms with Gasteiger partial charge in [-0.05, 0) is 49.9 Å². The molecule has 0 radical (unpaired) electrons. The van der Waals surface area contributed by atoms with Gasteiger partial charge < -0.3 is 10.2 Å². The highest BCUT2D eigenvalue weighted by Crippen LogP contribution is 2.29. The van der Waals surface area contributed by atoms with Crippen LogP contribution in [0.5, 0.6) is 0 Å². The molecule has 2 aliphatic rings. The molecule has 0 saturated carbocycles. The lowest BCUT2D eigenvalue weighted by atomic mass is 9.92. The van der Waals surface area contributed by atoms with E-state index in [1.807, 2.05) is 29.2 Å². The Morgan fingerprint density at radius 3 is 2.60 bits per heavy atom. The number of nitrogens with one attached hydrogen (secondary N) is 2. The number of amides is 1. The van der Waals surface area contributed by atoms with Crippen LogP contribution in [0.15, 0.2) is 30.5 Å². The summed E-state index contributed by atoms with van der Waals surface area (Å²) in [6.07, 6.45) is 3.79. The number of carbonyl (C=O) groups excluding carboxylic acids is 1. The van der Waals surface area contributed by atoms with Crippen LogP contribution >= 0.6 is 24.0 Å². The molecule has 4 rings (SSSR count). The quantitative estimate of drug-likeness (QED) is 0.840. The van der Waals surface area contributed by atoms with Gasteiger partial charge in [0.25, 0.3) is 5.91 Å². The molecule has 1 aromatic heterocycles. The largest absolute Gasteiger partial charge is 0.339 e. The van der Waals surface area contributed by atoms with Crippen molar-refractivity contribution in [1.82, 2.24) is 20.4 Å². The summed E-state index contributed by atoms with van der Waals surface area (Å²) in [6.45, 7) is 3.82. The van der Waals surface area contributed by atoms with E-state index in [-0.39, 0.29) is 18.3 Å². The van der Waals surface area contributed by atoms with Gasteiger partial charge in [0, 0.05) is 23.7 Å². The van der Waals surface area contributed by atoms with E-state index in [2.05, 4.69) is 15.5 Å². The summed E-state index contributed by atoms with van der Waals surface area (Å²) >= 11 is 6.08. The van der Waals surface area contributed by atoms with E-state index in [9.17, 15) is 4.79 Å². The Labute approximate surface area is 158 Å². The van der Waals surface area contributed by atoms with Crippen LogP contribution in [0.25, 0.3) is 11.3 Å². The molecule has 0 spiro atoms. The minimum Gasteiger partial charge on any atom is -0.339 e. The maximum absolute atomic E-state index is 13.0. The second-order valence-corrected chi connectivity index (χ2v) is 7.15. The number of hydrogen-bond acceptors (Lipinski definition) is 3. The van der Waals surface area contributed by atoms with Gasteiger partial charge in [0.15, 0.2) is 0 Å². The van der Waals surface area contributed by atoms with Gasteiger partial charge in [-0.15, -0.1) is 12.4 Å². The number of fused-ring (bicyclic) bond motifs is 1. The Hall–Kier alpha value is -1.56. The number of likely N-dealkylation sites (tertiary alicyclic amines) is 1. The maximum atomic E-state index is 13.0. The fraction of sp³-hybridized carbons (Fsp3) is 0.444. The molecular formula is C18H22Cl2N4O. The van der Waals surface area contributed by atoms with Crippen molar-refractivity contribution in [3.05, 3.63) is 41.0 Å².